The van der Waals surface area contributed by atoms with Crippen LogP contribution in [0.2, 0.25) is 0 Å². The lowest BCUT2D eigenvalue weighted by molar-refractivity contribution is 0.188. The van der Waals surface area contributed by atoms with Crippen molar-refractivity contribution in [3.05, 3.63) is 0 Å². The van der Waals surface area contributed by atoms with Gasteiger partial charge in [-0.2, -0.15) is 0 Å². The highest BCUT2D eigenvalue weighted by molar-refractivity contribution is 7.51. The van der Waals surface area contributed by atoms with Gasteiger partial charge < -0.3 is 14.9 Å². The van der Waals surface area contributed by atoms with E-state index >= 15 is 0 Å². The van der Waals surface area contributed by atoms with E-state index in [4.69, 9.17) is 14.9 Å². The summed E-state index contributed by atoms with van der Waals surface area (Å²) in [4.78, 5) is 16.5. The van der Waals surface area contributed by atoms with Crippen molar-refractivity contribution in [3.8, 4) is 0 Å². The maximum Gasteiger partial charge on any atom is 0.325 e. The predicted molar refractivity (Wildman–Crippen MR) is 33.2 cm³/mol. The van der Waals surface area contributed by atoms with Crippen LogP contribution in [0.1, 0.15) is 13.3 Å². The second kappa shape index (κ2) is 3.32. The van der Waals surface area contributed by atoms with Gasteiger partial charge in [-0.25, -0.2) is 0 Å². The first-order valence-electron chi connectivity index (χ1n) is 2.64. The van der Waals surface area contributed by atoms with Gasteiger partial charge in [0.05, 0.1) is 12.3 Å². The Morgan fingerprint density at radius 1 is 1.56 bits per heavy atom. The van der Waals surface area contributed by atoms with Gasteiger partial charge in [-0.05, 0) is 13.3 Å². The zero-order valence-electron chi connectivity index (χ0n) is 5.19. The number of hydrogen-bond acceptors (Lipinski definition) is 2. The quantitative estimate of drug-likeness (QED) is 0.497. The largest absolute Gasteiger partial charge is 0.393 e. The number of aliphatic hydroxyl groups is 1. The zero-order chi connectivity index (χ0) is 7.49. The highest BCUT2D eigenvalue weighted by Gasteiger charge is 2.12. The van der Waals surface area contributed by atoms with E-state index in [9.17, 15) is 4.57 Å². The lowest BCUT2D eigenvalue weighted by atomic mass is 10.3. The predicted octanol–water partition coefficient (Wildman–Crippen LogP) is -0.0650. The molecule has 0 spiro atoms. The molecule has 0 amide bonds. The molecule has 0 aliphatic heterocycles. The van der Waals surface area contributed by atoms with Crippen molar-refractivity contribution in [3.63, 3.8) is 0 Å². The fraction of sp³-hybridized carbons (Fsp3) is 1.00. The monoisotopic (exact) mass is 154 g/mol. The molecule has 0 rings (SSSR count). The van der Waals surface area contributed by atoms with Crippen LogP contribution in [0.15, 0.2) is 0 Å². The molecule has 0 radical (unpaired) electrons. The van der Waals surface area contributed by atoms with E-state index in [1.54, 1.807) is 0 Å². The van der Waals surface area contributed by atoms with Gasteiger partial charge in [-0.1, -0.05) is 0 Å². The van der Waals surface area contributed by atoms with Gasteiger partial charge in [0.2, 0.25) is 0 Å². The molecule has 0 aromatic carbocycles. The Kier molecular flexibility index (Phi) is 3.36. The van der Waals surface area contributed by atoms with Crippen LogP contribution in [0.3, 0.4) is 0 Å². The second-order valence-electron chi connectivity index (χ2n) is 2.03. The molecular formula is C4H11O4P. The molecule has 0 saturated heterocycles. The highest BCUT2D eigenvalue weighted by atomic mass is 31.2. The third-order valence-corrected chi connectivity index (χ3v) is 1.68. The van der Waals surface area contributed by atoms with Crippen LogP contribution < -0.4 is 0 Å². The minimum absolute atomic E-state index is 0.157. The van der Waals surface area contributed by atoms with Gasteiger partial charge in [0, 0.05) is 0 Å². The molecule has 3 N–H and O–H groups in total. The van der Waals surface area contributed by atoms with Crippen LogP contribution in [0.4, 0.5) is 0 Å². The molecular weight excluding hydrogens is 143 g/mol. The molecule has 1 unspecified atom stereocenters. The Morgan fingerprint density at radius 3 is 2.11 bits per heavy atom. The first-order valence-corrected chi connectivity index (χ1v) is 4.44. The van der Waals surface area contributed by atoms with E-state index in [1.165, 1.54) is 6.92 Å². The van der Waals surface area contributed by atoms with Crippen LogP contribution >= 0.6 is 7.60 Å². The maximum absolute atomic E-state index is 10.1. The molecule has 9 heavy (non-hydrogen) atoms. The maximum atomic E-state index is 10.1. The molecule has 1 atom stereocenters. The van der Waals surface area contributed by atoms with E-state index < -0.39 is 13.7 Å². The van der Waals surface area contributed by atoms with Crippen molar-refractivity contribution in [1.29, 1.82) is 0 Å². The van der Waals surface area contributed by atoms with Gasteiger partial charge >= 0.3 is 7.60 Å². The summed E-state index contributed by atoms with van der Waals surface area (Å²) in [5, 5.41) is 8.57. The van der Waals surface area contributed by atoms with Crippen molar-refractivity contribution in [2.24, 2.45) is 0 Å². The number of hydrogen-bond donors (Lipinski definition) is 3. The molecule has 5 heteroatoms. The summed E-state index contributed by atoms with van der Waals surface area (Å²) < 4.78 is 10.1. The van der Waals surface area contributed by atoms with Crippen molar-refractivity contribution >= 4 is 7.60 Å². The lowest BCUT2D eigenvalue weighted by Crippen LogP contribution is -2.02. The van der Waals surface area contributed by atoms with Crippen molar-refractivity contribution in [1.82, 2.24) is 0 Å². The molecule has 0 aliphatic rings. The molecule has 56 valence electrons. The van der Waals surface area contributed by atoms with Gasteiger partial charge in [-0.3, -0.25) is 4.57 Å². The molecule has 0 aromatic heterocycles. The van der Waals surface area contributed by atoms with E-state index in [1.807, 2.05) is 0 Å². The Hall–Kier alpha value is 0.110. The van der Waals surface area contributed by atoms with E-state index in [-0.39, 0.29) is 12.6 Å². The summed E-state index contributed by atoms with van der Waals surface area (Å²) in [6.45, 7) is 1.50. The normalized spacial score (nSPS) is 15.6. The third kappa shape index (κ3) is 8.11. The summed E-state index contributed by atoms with van der Waals surface area (Å²) >= 11 is 0. The number of rotatable bonds is 3. The van der Waals surface area contributed by atoms with Crippen LogP contribution in [-0.4, -0.2) is 27.2 Å². The van der Waals surface area contributed by atoms with Gasteiger partial charge in [0.25, 0.3) is 0 Å². The molecule has 0 fully saturated rings. The Labute approximate surface area is 53.7 Å². The molecule has 0 bridgehead atoms. The van der Waals surface area contributed by atoms with Gasteiger partial charge in [0.15, 0.2) is 0 Å². The van der Waals surface area contributed by atoms with Crippen molar-refractivity contribution in [2.45, 2.75) is 19.4 Å². The molecule has 4 nitrogen and oxygen atoms in total. The standard InChI is InChI=1S/C4H11O4P/c1-4(5)2-3-9(6,7)8/h4-5H,2-3H2,1H3,(H2,6,7,8). The molecule has 0 heterocycles. The Balaban J connectivity index is 3.40. The third-order valence-electron chi connectivity index (χ3n) is 0.838. The average molecular weight is 154 g/mol. The molecule has 0 aliphatic carbocycles. The zero-order valence-corrected chi connectivity index (χ0v) is 6.08. The first-order chi connectivity index (χ1) is 3.92. The Morgan fingerprint density at radius 2 is 2.00 bits per heavy atom. The highest BCUT2D eigenvalue weighted by Crippen LogP contribution is 2.35. The SMILES string of the molecule is CC(O)CCP(=O)(O)O. The Bertz CT molecular complexity index is 116. The second-order valence-corrected chi connectivity index (χ2v) is 3.80. The molecule has 0 aromatic rings. The smallest absolute Gasteiger partial charge is 0.325 e. The summed E-state index contributed by atoms with van der Waals surface area (Å²) in [5.74, 6) is 0. The fourth-order valence-electron chi connectivity index (χ4n) is 0.355. The van der Waals surface area contributed by atoms with Crippen LogP contribution in [0, 0.1) is 0 Å². The molecule has 0 saturated carbocycles. The van der Waals surface area contributed by atoms with Crippen LogP contribution in [-0.2, 0) is 4.57 Å². The van der Waals surface area contributed by atoms with E-state index in [0.717, 1.165) is 0 Å². The van der Waals surface area contributed by atoms with Crippen molar-refractivity contribution in [2.75, 3.05) is 6.16 Å². The van der Waals surface area contributed by atoms with Crippen molar-refractivity contribution < 1.29 is 19.5 Å². The number of aliphatic hydroxyl groups excluding tert-OH is 1. The van der Waals surface area contributed by atoms with Crippen LogP contribution in [0.25, 0.3) is 0 Å². The minimum atomic E-state index is -3.88. The average Bonchev–Trinajstić information content (AvgIpc) is 1.59. The summed E-state index contributed by atoms with van der Waals surface area (Å²) in [6, 6.07) is 0. The van der Waals surface area contributed by atoms with Crippen LogP contribution in [0.5, 0.6) is 0 Å². The summed E-state index contributed by atoms with van der Waals surface area (Å²) in [5.41, 5.74) is 0. The lowest BCUT2D eigenvalue weighted by Gasteiger charge is -2.04. The van der Waals surface area contributed by atoms with Gasteiger partial charge in [0.1, 0.15) is 0 Å². The van der Waals surface area contributed by atoms with E-state index in [0.29, 0.717) is 0 Å². The fourth-order valence-corrected chi connectivity index (χ4v) is 1.07. The minimum Gasteiger partial charge on any atom is -0.393 e. The first kappa shape index (κ1) is 9.11. The topological polar surface area (TPSA) is 77.8 Å². The summed E-state index contributed by atoms with van der Waals surface area (Å²) in [6.07, 6.45) is -0.702. The summed E-state index contributed by atoms with van der Waals surface area (Å²) in [7, 11) is -3.88. The van der Waals surface area contributed by atoms with E-state index in [2.05, 4.69) is 0 Å². The van der Waals surface area contributed by atoms with Gasteiger partial charge in [-0.15, -0.1) is 0 Å².